The zero-order chi connectivity index (χ0) is 18.5. The molecule has 1 amide bonds. The van der Waals surface area contributed by atoms with Gasteiger partial charge in [-0.3, -0.25) is 9.59 Å². The Morgan fingerprint density at radius 3 is 2.50 bits per heavy atom. The highest BCUT2D eigenvalue weighted by atomic mass is 16.2. The topological polar surface area (TPSA) is 80.1 Å². The van der Waals surface area contributed by atoms with E-state index in [1.54, 1.807) is 24.3 Å². The molecule has 1 N–H and O–H groups in total. The maximum Gasteiger partial charge on any atom is 0.278 e. The highest BCUT2D eigenvalue weighted by Crippen LogP contribution is 2.06. The number of benzene rings is 2. The Kier molecular flexibility index (Phi) is 5.38. The average molecular weight is 351 g/mol. The predicted molar refractivity (Wildman–Crippen MR) is 99.5 cm³/mol. The van der Waals surface area contributed by atoms with Crippen LogP contribution in [0.5, 0.6) is 0 Å². The van der Waals surface area contributed by atoms with Crippen LogP contribution in [0.25, 0.3) is 10.9 Å². The van der Waals surface area contributed by atoms with Crippen LogP contribution < -0.4 is 10.9 Å². The SMILES string of the molecule is CN(C)Cc1ccc(CNC(=O)Cn2nnc3ccccc3c2=O)cc1. The fourth-order valence-electron chi connectivity index (χ4n) is 2.65. The molecule has 0 aliphatic heterocycles. The number of rotatable bonds is 6. The van der Waals surface area contributed by atoms with Crippen molar-refractivity contribution in [3.63, 3.8) is 0 Å². The van der Waals surface area contributed by atoms with Crippen molar-refractivity contribution in [1.82, 2.24) is 25.2 Å². The predicted octanol–water partition coefficient (Wildman–Crippen LogP) is 1.17. The molecule has 1 heterocycles. The molecule has 0 fully saturated rings. The van der Waals surface area contributed by atoms with Crippen molar-refractivity contribution in [2.45, 2.75) is 19.6 Å². The Balaban J connectivity index is 1.61. The Morgan fingerprint density at radius 1 is 1.08 bits per heavy atom. The van der Waals surface area contributed by atoms with E-state index in [1.807, 2.05) is 38.4 Å². The summed E-state index contributed by atoms with van der Waals surface area (Å²) in [4.78, 5) is 26.6. The molecular formula is C19H21N5O2. The minimum Gasteiger partial charge on any atom is -0.350 e. The van der Waals surface area contributed by atoms with Gasteiger partial charge < -0.3 is 10.2 Å². The smallest absolute Gasteiger partial charge is 0.278 e. The molecule has 2 aromatic carbocycles. The lowest BCUT2D eigenvalue weighted by atomic mass is 10.1. The second-order valence-corrected chi connectivity index (χ2v) is 6.40. The number of aromatic nitrogens is 3. The van der Waals surface area contributed by atoms with Gasteiger partial charge in [0.05, 0.1) is 5.39 Å². The van der Waals surface area contributed by atoms with Gasteiger partial charge in [-0.15, -0.1) is 5.10 Å². The number of carbonyl (C=O) groups is 1. The van der Waals surface area contributed by atoms with E-state index in [-0.39, 0.29) is 18.0 Å². The number of carbonyl (C=O) groups excluding carboxylic acids is 1. The Hall–Kier alpha value is -3.06. The summed E-state index contributed by atoms with van der Waals surface area (Å²) in [6.07, 6.45) is 0. The lowest BCUT2D eigenvalue weighted by Gasteiger charge is -2.10. The number of hydrogen-bond acceptors (Lipinski definition) is 5. The quantitative estimate of drug-likeness (QED) is 0.721. The Bertz CT molecular complexity index is 964. The summed E-state index contributed by atoms with van der Waals surface area (Å²) >= 11 is 0. The lowest BCUT2D eigenvalue weighted by Crippen LogP contribution is -2.34. The molecule has 0 saturated heterocycles. The van der Waals surface area contributed by atoms with Crippen LogP contribution in [0.2, 0.25) is 0 Å². The first kappa shape index (κ1) is 17.8. The Labute approximate surface area is 151 Å². The van der Waals surface area contributed by atoms with E-state index in [9.17, 15) is 9.59 Å². The summed E-state index contributed by atoms with van der Waals surface area (Å²) in [6.45, 7) is 1.11. The maximum absolute atomic E-state index is 12.3. The molecular weight excluding hydrogens is 330 g/mol. The minimum atomic E-state index is -0.321. The van der Waals surface area contributed by atoms with Gasteiger partial charge in [0.1, 0.15) is 12.1 Å². The van der Waals surface area contributed by atoms with Gasteiger partial charge in [-0.25, -0.2) is 4.68 Å². The van der Waals surface area contributed by atoms with Crippen molar-refractivity contribution in [1.29, 1.82) is 0 Å². The summed E-state index contributed by atoms with van der Waals surface area (Å²) in [5, 5.41) is 11.1. The van der Waals surface area contributed by atoms with Gasteiger partial charge in [-0.2, -0.15) is 0 Å². The lowest BCUT2D eigenvalue weighted by molar-refractivity contribution is -0.122. The monoisotopic (exact) mass is 351 g/mol. The molecule has 0 spiro atoms. The zero-order valence-corrected chi connectivity index (χ0v) is 14.8. The van der Waals surface area contributed by atoms with E-state index < -0.39 is 0 Å². The second-order valence-electron chi connectivity index (χ2n) is 6.40. The first-order chi connectivity index (χ1) is 12.5. The van der Waals surface area contributed by atoms with Gasteiger partial charge in [0.15, 0.2) is 0 Å². The van der Waals surface area contributed by atoms with Gasteiger partial charge in [0, 0.05) is 13.1 Å². The van der Waals surface area contributed by atoms with Crippen LogP contribution in [0.3, 0.4) is 0 Å². The number of nitrogens with one attached hydrogen (secondary N) is 1. The number of fused-ring (bicyclic) bond motifs is 1. The third-order valence-electron chi connectivity index (χ3n) is 3.93. The highest BCUT2D eigenvalue weighted by molar-refractivity contribution is 5.78. The molecule has 0 aliphatic carbocycles. The molecule has 0 unspecified atom stereocenters. The summed E-state index contributed by atoms with van der Waals surface area (Å²) in [7, 11) is 4.04. The van der Waals surface area contributed by atoms with Crippen LogP contribution in [0.15, 0.2) is 53.3 Å². The molecule has 0 atom stereocenters. The average Bonchev–Trinajstić information content (AvgIpc) is 2.63. The maximum atomic E-state index is 12.3. The minimum absolute atomic E-state index is 0.157. The van der Waals surface area contributed by atoms with Crippen molar-refractivity contribution in [2.24, 2.45) is 0 Å². The van der Waals surface area contributed by atoms with Crippen molar-refractivity contribution < 1.29 is 4.79 Å². The van der Waals surface area contributed by atoms with E-state index in [4.69, 9.17) is 0 Å². The van der Waals surface area contributed by atoms with E-state index in [0.717, 1.165) is 16.8 Å². The van der Waals surface area contributed by atoms with E-state index in [0.29, 0.717) is 17.4 Å². The molecule has 0 aliphatic rings. The van der Waals surface area contributed by atoms with Crippen molar-refractivity contribution in [2.75, 3.05) is 14.1 Å². The second kappa shape index (κ2) is 7.88. The van der Waals surface area contributed by atoms with Gasteiger partial charge in [0.25, 0.3) is 5.56 Å². The van der Waals surface area contributed by atoms with Crippen LogP contribution in [0.1, 0.15) is 11.1 Å². The molecule has 7 heteroatoms. The third kappa shape index (κ3) is 4.31. The molecule has 134 valence electrons. The fourth-order valence-corrected chi connectivity index (χ4v) is 2.65. The zero-order valence-electron chi connectivity index (χ0n) is 14.8. The number of hydrogen-bond donors (Lipinski definition) is 1. The van der Waals surface area contributed by atoms with Crippen molar-refractivity contribution >= 4 is 16.8 Å². The summed E-state index contributed by atoms with van der Waals surface area (Å²) in [5.41, 5.74) is 2.41. The highest BCUT2D eigenvalue weighted by Gasteiger charge is 2.09. The van der Waals surface area contributed by atoms with E-state index in [1.165, 1.54) is 5.56 Å². The first-order valence-electron chi connectivity index (χ1n) is 8.35. The summed E-state index contributed by atoms with van der Waals surface area (Å²) in [6, 6.07) is 15.0. The van der Waals surface area contributed by atoms with Crippen LogP contribution in [-0.4, -0.2) is 39.9 Å². The molecule has 1 aromatic heterocycles. The third-order valence-corrected chi connectivity index (χ3v) is 3.93. The summed E-state index contributed by atoms with van der Waals surface area (Å²) in [5.74, 6) is -0.283. The first-order valence-corrected chi connectivity index (χ1v) is 8.35. The van der Waals surface area contributed by atoms with Crippen LogP contribution >= 0.6 is 0 Å². The number of amides is 1. The molecule has 0 radical (unpaired) electrons. The number of nitrogens with zero attached hydrogens (tertiary/aromatic N) is 4. The fraction of sp³-hybridized carbons (Fsp3) is 0.263. The standard InChI is InChI=1S/C19H21N5O2/c1-23(2)12-15-9-7-14(8-10-15)11-20-18(25)13-24-19(26)16-5-3-4-6-17(16)21-22-24/h3-10H,11-13H2,1-2H3,(H,20,25). The molecule has 3 rings (SSSR count). The molecule has 26 heavy (non-hydrogen) atoms. The van der Waals surface area contributed by atoms with Gasteiger partial charge in [-0.05, 0) is 37.4 Å². The van der Waals surface area contributed by atoms with E-state index >= 15 is 0 Å². The van der Waals surface area contributed by atoms with Gasteiger partial charge >= 0.3 is 0 Å². The molecule has 0 saturated carbocycles. The summed E-state index contributed by atoms with van der Waals surface area (Å²) < 4.78 is 1.08. The van der Waals surface area contributed by atoms with E-state index in [2.05, 4.69) is 20.5 Å². The van der Waals surface area contributed by atoms with Crippen LogP contribution in [-0.2, 0) is 24.4 Å². The largest absolute Gasteiger partial charge is 0.350 e. The van der Waals surface area contributed by atoms with Crippen LogP contribution in [0.4, 0.5) is 0 Å². The van der Waals surface area contributed by atoms with Crippen LogP contribution in [0, 0.1) is 0 Å². The molecule has 0 bridgehead atoms. The van der Waals surface area contributed by atoms with Crippen molar-refractivity contribution in [3.8, 4) is 0 Å². The molecule has 7 nitrogen and oxygen atoms in total. The Morgan fingerprint density at radius 2 is 1.77 bits per heavy atom. The van der Waals surface area contributed by atoms with Gasteiger partial charge in [-0.1, -0.05) is 41.6 Å². The normalized spacial score (nSPS) is 11.0. The van der Waals surface area contributed by atoms with Crippen molar-refractivity contribution in [3.05, 3.63) is 70.0 Å². The van der Waals surface area contributed by atoms with Gasteiger partial charge in [0.2, 0.25) is 5.91 Å². The molecule has 3 aromatic rings.